The molecular formula is C36H58O7. The van der Waals surface area contributed by atoms with Crippen LogP contribution in [0.25, 0.3) is 0 Å². The van der Waals surface area contributed by atoms with Gasteiger partial charge in [-0.15, -0.1) is 0 Å². The molecule has 7 nitrogen and oxygen atoms in total. The van der Waals surface area contributed by atoms with Gasteiger partial charge in [-0.05, 0) is 115 Å². The molecule has 1 heterocycles. The zero-order chi connectivity index (χ0) is 31.5. The molecule has 13 atom stereocenters. The molecular weight excluding hydrogens is 544 g/mol. The Hall–Kier alpha value is -0.990. The van der Waals surface area contributed by atoms with E-state index in [0.717, 1.165) is 64.2 Å². The number of rotatable bonds is 3. The van der Waals surface area contributed by atoms with Crippen molar-refractivity contribution in [2.75, 3.05) is 6.61 Å². The Balaban J connectivity index is 1.34. The minimum absolute atomic E-state index is 0.0123. The second-order valence-electron chi connectivity index (χ2n) is 17.9. The number of carboxylic acid groups (broad SMARTS) is 1. The lowest BCUT2D eigenvalue weighted by Crippen LogP contribution is -2.67. The van der Waals surface area contributed by atoms with Gasteiger partial charge in [0.25, 0.3) is 0 Å². The zero-order valence-corrected chi connectivity index (χ0v) is 27.6. The van der Waals surface area contributed by atoms with Crippen LogP contribution in [0.4, 0.5) is 0 Å². The summed E-state index contributed by atoms with van der Waals surface area (Å²) in [6.45, 7) is 16.4. The maximum absolute atomic E-state index is 12.9. The number of carboxylic acids is 1. The van der Waals surface area contributed by atoms with Crippen molar-refractivity contribution in [2.24, 2.45) is 56.2 Å². The van der Waals surface area contributed by atoms with E-state index >= 15 is 0 Å². The maximum atomic E-state index is 12.9. The largest absolute Gasteiger partial charge is 0.481 e. The minimum Gasteiger partial charge on any atom is -0.481 e. The Morgan fingerprint density at radius 3 is 2.19 bits per heavy atom. The van der Waals surface area contributed by atoms with Gasteiger partial charge in [-0.25, -0.2) is 0 Å². The van der Waals surface area contributed by atoms with E-state index in [1.165, 1.54) is 5.57 Å². The summed E-state index contributed by atoms with van der Waals surface area (Å²) in [5.41, 5.74) is 0.891. The fourth-order valence-electron chi connectivity index (χ4n) is 12.7. The highest BCUT2D eigenvalue weighted by molar-refractivity contribution is 5.76. The van der Waals surface area contributed by atoms with Crippen LogP contribution in [-0.2, 0) is 9.53 Å². The Labute approximate surface area is 258 Å². The van der Waals surface area contributed by atoms with Crippen LogP contribution in [0.15, 0.2) is 11.6 Å². The van der Waals surface area contributed by atoms with Gasteiger partial charge in [-0.3, -0.25) is 4.79 Å². The number of fused-ring (bicyclic) bond motifs is 7. The van der Waals surface area contributed by atoms with Gasteiger partial charge < -0.3 is 30.3 Å². The minimum atomic E-state index is -1.34. The average Bonchev–Trinajstić information content (AvgIpc) is 2.92. The predicted molar refractivity (Wildman–Crippen MR) is 164 cm³/mol. The molecule has 6 aliphatic rings. The van der Waals surface area contributed by atoms with Crippen LogP contribution in [0.5, 0.6) is 0 Å². The molecule has 1 saturated heterocycles. The SMILES string of the molecule is CC1(C)CC[C@]2(C(=O)O)CC[C@]3(C)C(=CCC4[C@@]5(C)CC[C@@H]([C@@H]6OC(CO)[C@@H](O)C(O)C6O)C(C)(C)C5CC[C@]43C)C2C1. The number of allylic oxidation sites excluding steroid dienone is 2. The van der Waals surface area contributed by atoms with E-state index in [2.05, 4.69) is 54.5 Å². The molecule has 5 fully saturated rings. The fraction of sp³-hybridized carbons (Fsp3) is 0.917. The van der Waals surface area contributed by atoms with Crippen molar-refractivity contribution in [2.45, 2.75) is 143 Å². The van der Waals surface area contributed by atoms with Gasteiger partial charge in [0, 0.05) is 0 Å². The summed E-state index contributed by atoms with van der Waals surface area (Å²) >= 11 is 0. The smallest absolute Gasteiger partial charge is 0.310 e. The molecule has 6 unspecified atom stereocenters. The third-order valence-electron chi connectivity index (χ3n) is 15.5. The first kappa shape index (κ1) is 32.0. The Kier molecular flexibility index (Phi) is 7.44. The van der Waals surface area contributed by atoms with Crippen molar-refractivity contribution in [3.8, 4) is 0 Å². The van der Waals surface area contributed by atoms with Crippen molar-refractivity contribution in [3.63, 3.8) is 0 Å². The van der Waals surface area contributed by atoms with Gasteiger partial charge in [0.1, 0.15) is 24.4 Å². The molecule has 5 N–H and O–H groups in total. The van der Waals surface area contributed by atoms with E-state index in [1.807, 2.05) is 0 Å². The van der Waals surface area contributed by atoms with Gasteiger partial charge in [0.2, 0.25) is 0 Å². The first-order valence-corrected chi connectivity index (χ1v) is 17.1. The fourth-order valence-corrected chi connectivity index (χ4v) is 12.7. The van der Waals surface area contributed by atoms with E-state index in [-0.39, 0.29) is 38.9 Å². The van der Waals surface area contributed by atoms with Crippen molar-refractivity contribution in [3.05, 3.63) is 11.6 Å². The molecule has 0 aromatic heterocycles. The number of hydrogen-bond donors (Lipinski definition) is 5. The molecule has 5 aliphatic carbocycles. The van der Waals surface area contributed by atoms with Crippen LogP contribution in [0, 0.1) is 56.2 Å². The Morgan fingerprint density at radius 2 is 1.53 bits per heavy atom. The van der Waals surface area contributed by atoms with Crippen LogP contribution in [-0.4, -0.2) is 68.6 Å². The van der Waals surface area contributed by atoms with E-state index < -0.39 is 48.5 Å². The molecule has 0 bridgehead atoms. The quantitative estimate of drug-likeness (QED) is 0.276. The number of hydrogen-bond acceptors (Lipinski definition) is 6. The summed E-state index contributed by atoms with van der Waals surface area (Å²) in [5.74, 6) is 0.359. The van der Waals surface area contributed by atoms with Gasteiger partial charge in [0.05, 0.1) is 18.1 Å². The molecule has 0 spiro atoms. The second-order valence-corrected chi connectivity index (χ2v) is 17.9. The van der Waals surface area contributed by atoms with Crippen molar-refractivity contribution >= 4 is 5.97 Å². The average molecular weight is 603 g/mol. The molecule has 43 heavy (non-hydrogen) atoms. The lowest BCUT2D eigenvalue weighted by atomic mass is 9.33. The molecule has 4 saturated carbocycles. The normalized spacial score (nSPS) is 53.8. The van der Waals surface area contributed by atoms with Crippen molar-refractivity contribution in [1.82, 2.24) is 0 Å². The van der Waals surface area contributed by atoms with Crippen LogP contribution in [0.1, 0.15) is 113 Å². The molecule has 6 rings (SSSR count). The Bertz CT molecular complexity index is 1160. The predicted octanol–water partition coefficient (Wildman–Crippen LogP) is 5.33. The van der Waals surface area contributed by atoms with Gasteiger partial charge in [-0.1, -0.05) is 60.1 Å². The highest BCUT2D eigenvalue weighted by Crippen LogP contribution is 2.76. The first-order chi connectivity index (χ1) is 19.9. The van der Waals surface area contributed by atoms with E-state index in [4.69, 9.17) is 4.74 Å². The molecule has 0 amide bonds. The third kappa shape index (κ3) is 4.19. The molecule has 1 aliphatic heterocycles. The number of ether oxygens (including phenoxy) is 1. The highest BCUT2D eigenvalue weighted by atomic mass is 16.5. The molecule has 0 aromatic rings. The number of aliphatic hydroxyl groups excluding tert-OH is 4. The van der Waals surface area contributed by atoms with Crippen LogP contribution in [0.2, 0.25) is 0 Å². The highest BCUT2D eigenvalue weighted by Gasteiger charge is 2.70. The Morgan fingerprint density at radius 1 is 0.860 bits per heavy atom. The van der Waals surface area contributed by atoms with Crippen molar-refractivity contribution < 1.29 is 35.1 Å². The van der Waals surface area contributed by atoms with Crippen molar-refractivity contribution in [1.29, 1.82) is 0 Å². The number of carbonyl (C=O) groups is 1. The first-order valence-electron chi connectivity index (χ1n) is 17.1. The zero-order valence-electron chi connectivity index (χ0n) is 27.6. The summed E-state index contributed by atoms with van der Waals surface area (Å²) in [5, 5.41) is 52.6. The summed E-state index contributed by atoms with van der Waals surface area (Å²) in [4.78, 5) is 12.9. The maximum Gasteiger partial charge on any atom is 0.310 e. The topological polar surface area (TPSA) is 127 Å². The molecule has 7 heteroatoms. The molecule has 0 aromatic carbocycles. The van der Waals surface area contributed by atoms with Crippen LogP contribution < -0.4 is 0 Å². The molecule has 244 valence electrons. The number of aliphatic carboxylic acids is 1. The lowest BCUT2D eigenvalue weighted by Gasteiger charge is -2.71. The monoisotopic (exact) mass is 602 g/mol. The van der Waals surface area contributed by atoms with E-state index in [0.29, 0.717) is 11.8 Å². The van der Waals surface area contributed by atoms with Crippen LogP contribution >= 0.6 is 0 Å². The molecule has 0 radical (unpaired) electrons. The van der Waals surface area contributed by atoms with Gasteiger partial charge >= 0.3 is 5.97 Å². The van der Waals surface area contributed by atoms with Gasteiger partial charge in [0.15, 0.2) is 0 Å². The lowest BCUT2D eigenvalue weighted by molar-refractivity contribution is -0.269. The van der Waals surface area contributed by atoms with E-state index in [1.54, 1.807) is 0 Å². The summed E-state index contributed by atoms with van der Waals surface area (Å²) in [6, 6.07) is 0. The summed E-state index contributed by atoms with van der Waals surface area (Å²) in [6.07, 6.45) is 6.52. The third-order valence-corrected chi connectivity index (χ3v) is 15.5. The standard InChI is InChI=1S/C36H58O7/c1-31(2)14-16-36(30(41)42)17-15-34(6)20(22(36)18-31)8-9-25-33(5)12-10-21(32(3,4)24(33)11-13-35(25,34)7)29-28(40)27(39)26(38)23(19-37)43-29/h8,21-29,37-40H,9-19H2,1-7H3,(H,41,42)/t21-,22?,23?,24?,25?,26+,27?,28?,29-,33-,34+,35+,36-/m0/s1. The number of aliphatic hydroxyl groups is 4. The van der Waals surface area contributed by atoms with Crippen LogP contribution in [0.3, 0.4) is 0 Å². The summed E-state index contributed by atoms with van der Waals surface area (Å²) in [7, 11) is 0. The van der Waals surface area contributed by atoms with E-state index in [9.17, 15) is 30.3 Å². The van der Waals surface area contributed by atoms with Gasteiger partial charge in [-0.2, -0.15) is 0 Å². The summed E-state index contributed by atoms with van der Waals surface area (Å²) < 4.78 is 6.16. The second kappa shape index (κ2) is 10.0.